The molecule has 8 heteroatoms. The fourth-order valence-electron chi connectivity index (χ4n) is 1.65. The molecule has 18 heavy (non-hydrogen) atoms. The van der Waals surface area contributed by atoms with Crippen LogP contribution in [0, 0.1) is 6.92 Å². The SMILES string of the molecule is Cc1nnsc1-c1nc2nccc(C(=O)O)c2[nH]1. The van der Waals surface area contributed by atoms with Crippen LogP contribution in [0.15, 0.2) is 12.3 Å². The van der Waals surface area contributed by atoms with E-state index in [0.29, 0.717) is 17.0 Å². The Morgan fingerprint density at radius 1 is 1.50 bits per heavy atom. The van der Waals surface area contributed by atoms with Crippen molar-refractivity contribution < 1.29 is 9.90 Å². The van der Waals surface area contributed by atoms with Crippen LogP contribution in [-0.2, 0) is 0 Å². The van der Waals surface area contributed by atoms with Crippen molar-refractivity contribution in [2.75, 3.05) is 0 Å². The lowest BCUT2D eigenvalue weighted by atomic mass is 10.2. The molecule has 0 saturated carbocycles. The van der Waals surface area contributed by atoms with Crippen molar-refractivity contribution in [1.82, 2.24) is 24.5 Å². The highest BCUT2D eigenvalue weighted by molar-refractivity contribution is 7.09. The second-order valence-corrected chi connectivity index (χ2v) is 4.39. The molecule has 0 fully saturated rings. The van der Waals surface area contributed by atoms with E-state index in [2.05, 4.69) is 24.5 Å². The summed E-state index contributed by atoms with van der Waals surface area (Å²) in [5.74, 6) is -0.476. The highest BCUT2D eigenvalue weighted by Crippen LogP contribution is 2.25. The molecule has 0 saturated heterocycles. The van der Waals surface area contributed by atoms with E-state index in [-0.39, 0.29) is 5.56 Å². The van der Waals surface area contributed by atoms with Crippen LogP contribution in [0.2, 0.25) is 0 Å². The third-order valence-corrected chi connectivity index (χ3v) is 3.32. The summed E-state index contributed by atoms with van der Waals surface area (Å²) >= 11 is 1.20. The molecule has 0 spiro atoms. The van der Waals surface area contributed by atoms with E-state index < -0.39 is 5.97 Å². The van der Waals surface area contributed by atoms with Gasteiger partial charge in [0.2, 0.25) is 0 Å². The fraction of sp³-hybridized carbons (Fsp3) is 0.100. The zero-order chi connectivity index (χ0) is 12.7. The van der Waals surface area contributed by atoms with Crippen LogP contribution >= 0.6 is 11.5 Å². The van der Waals surface area contributed by atoms with Crippen molar-refractivity contribution in [2.45, 2.75) is 6.92 Å². The Morgan fingerprint density at radius 2 is 2.33 bits per heavy atom. The van der Waals surface area contributed by atoms with Gasteiger partial charge < -0.3 is 10.1 Å². The summed E-state index contributed by atoms with van der Waals surface area (Å²) in [4.78, 5) is 23.1. The summed E-state index contributed by atoms with van der Waals surface area (Å²) in [5.41, 5.74) is 1.68. The first-order valence-electron chi connectivity index (χ1n) is 5.04. The quantitative estimate of drug-likeness (QED) is 0.724. The number of carbonyl (C=O) groups is 1. The first-order valence-corrected chi connectivity index (χ1v) is 5.81. The molecule has 3 rings (SSSR count). The van der Waals surface area contributed by atoms with Gasteiger partial charge in [0.15, 0.2) is 11.5 Å². The van der Waals surface area contributed by atoms with E-state index in [1.807, 2.05) is 6.92 Å². The molecule has 0 radical (unpaired) electrons. The molecule has 2 N–H and O–H groups in total. The number of carboxylic acid groups (broad SMARTS) is 1. The number of hydrogen-bond acceptors (Lipinski definition) is 6. The Hall–Kier alpha value is -2.35. The number of aromatic carboxylic acids is 1. The molecule has 0 atom stereocenters. The second kappa shape index (κ2) is 3.84. The van der Waals surface area contributed by atoms with E-state index >= 15 is 0 Å². The van der Waals surface area contributed by atoms with Gasteiger partial charge in [-0.2, -0.15) is 0 Å². The highest BCUT2D eigenvalue weighted by atomic mass is 32.1. The number of aromatic nitrogens is 5. The molecule has 0 aliphatic heterocycles. The number of rotatable bonds is 2. The Morgan fingerprint density at radius 3 is 3.00 bits per heavy atom. The lowest BCUT2D eigenvalue weighted by Crippen LogP contribution is -1.97. The van der Waals surface area contributed by atoms with E-state index in [9.17, 15) is 4.79 Å². The van der Waals surface area contributed by atoms with Gasteiger partial charge in [-0.25, -0.2) is 14.8 Å². The van der Waals surface area contributed by atoms with Gasteiger partial charge >= 0.3 is 5.97 Å². The second-order valence-electron chi connectivity index (χ2n) is 3.64. The van der Waals surface area contributed by atoms with Crippen LogP contribution in [0.4, 0.5) is 0 Å². The molecule has 3 heterocycles. The van der Waals surface area contributed by atoms with Crippen LogP contribution in [-0.4, -0.2) is 35.6 Å². The zero-order valence-electron chi connectivity index (χ0n) is 9.21. The standard InChI is InChI=1S/C10H7N5O2S/c1-4-7(18-15-14-4)9-12-6-5(10(16)17)2-3-11-8(6)13-9/h2-3H,1H3,(H,16,17)(H,11,12,13). The predicted molar refractivity (Wildman–Crippen MR) is 64.5 cm³/mol. The number of fused-ring (bicyclic) bond motifs is 1. The molecule has 0 amide bonds. The number of aryl methyl sites for hydroxylation is 1. The maximum Gasteiger partial charge on any atom is 0.338 e. The number of H-pyrrole nitrogens is 1. The molecular weight excluding hydrogens is 254 g/mol. The third-order valence-electron chi connectivity index (χ3n) is 2.49. The number of nitrogens with one attached hydrogen (secondary N) is 1. The van der Waals surface area contributed by atoms with Gasteiger partial charge in [0.1, 0.15) is 4.88 Å². The van der Waals surface area contributed by atoms with E-state index in [1.165, 1.54) is 23.8 Å². The smallest absolute Gasteiger partial charge is 0.338 e. The first kappa shape index (κ1) is 10.8. The van der Waals surface area contributed by atoms with Gasteiger partial charge in [-0.05, 0) is 24.5 Å². The summed E-state index contributed by atoms with van der Waals surface area (Å²) in [7, 11) is 0. The summed E-state index contributed by atoms with van der Waals surface area (Å²) in [6.45, 7) is 1.82. The summed E-state index contributed by atoms with van der Waals surface area (Å²) in [6, 6.07) is 1.43. The normalized spacial score (nSPS) is 10.9. The van der Waals surface area contributed by atoms with Crippen LogP contribution in [0.25, 0.3) is 21.9 Å². The van der Waals surface area contributed by atoms with Crippen molar-refractivity contribution >= 4 is 28.7 Å². The van der Waals surface area contributed by atoms with Gasteiger partial charge in [-0.3, -0.25) is 0 Å². The van der Waals surface area contributed by atoms with Crippen molar-refractivity contribution in [2.24, 2.45) is 0 Å². The van der Waals surface area contributed by atoms with Gasteiger partial charge in [-0.1, -0.05) is 4.49 Å². The average Bonchev–Trinajstić information content (AvgIpc) is 2.92. The molecule has 0 aromatic carbocycles. The minimum atomic E-state index is -1.02. The largest absolute Gasteiger partial charge is 0.478 e. The molecule has 90 valence electrons. The molecular formula is C10H7N5O2S. The molecule has 0 unspecified atom stereocenters. The highest BCUT2D eigenvalue weighted by Gasteiger charge is 2.16. The predicted octanol–water partition coefficient (Wildman–Crippen LogP) is 1.48. The van der Waals surface area contributed by atoms with Gasteiger partial charge in [-0.15, -0.1) is 5.10 Å². The maximum absolute atomic E-state index is 11.1. The molecule has 7 nitrogen and oxygen atoms in total. The van der Waals surface area contributed by atoms with Gasteiger partial charge in [0.25, 0.3) is 0 Å². The number of aromatic amines is 1. The zero-order valence-corrected chi connectivity index (χ0v) is 10.0. The van der Waals surface area contributed by atoms with Crippen LogP contribution in [0.1, 0.15) is 16.1 Å². The minimum Gasteiger partial charge on any atom is -0.478 e. The summed E-state index contributed by atoms with van der Waals surface area (Å²) < 4.78 is 3.82. The number of nitrogens with zero attached hydrogens (tertiary/aromatic N) is 4. The Kier molecular flexibility index (Phi) is 2.30. The van der Waals surface area contributed by atoms with Crippen LogP contribution < -0.4 is 0 Å². The first-order chi connectivity index (χ1) is 8.66. The number of hydrogen-bond donors (Lipinski definition) is 2. The lowest BCUT2D eigenvalue weighted by Gasteiger charge is -1.93. The van der Waals surface area contributed by atoms with E-state index in [1.54, 1.807) is 0 Å². The van der Waals surface area contributed by atoms with Crippen LogP contribution in [0.3, 0.4) is 0 Å². The topological polar surface area (TPSA) is 105 Å². The van der Waals surface area contributed by atoms with Crippen molar-refractivity contribution in [3.05, 3.63) is 23.5 Å². The van der Waals surface area contributed by atoms with Crippen molar-refractivity contribution in [3.8, 4) is 10.7 Å². The van der Waals surface area contributed by atoms with Crippen molar-refractivity contribution in [1.29, 1.82) is 0 Å². The Bertz CT molecular complexity index is 748. The number of carboxylic acids is 1. The molecule has 0 aliphatic rings. The van der Waals surface area contributed by atoms with Gasteiger partial charge in [0.05, 0.1) is 16.8 Å². The summed E-state index contributed by atoms with van der Waals surface area (Å²) in [6.07, 6.45) is 1.42. The monoisotopic (exact) mass is 261 g/mol. The molecule has 3 aromatic heterocycles. The third kappa shape index (κ3) is 1.54. The fourth-order valence-corrected chi connectivity index (χ4v) is 2.25. The van der Waals surface area contributed by atoms with Gasteiger partial charge in [0, 0.05) is 6.20 Å². The van der Waals surface area contributed by atoms with E-state index in [0.717, 1.165) is 10.6 Å². The molecule has 0 bridgehead atoms. The van der Waals surface area contributed by atoms with Crippen molar-refractivity contribution in [3.63, 3.8) is 0 Å². The Labute approximate surface area is 105 Å². The van der Waals surface area contributed by atoms with Crippen LogP contribution in [0.5, 0.6) is 0 Å². The molecule has 0 aliphatic carbocycles. The Balaban J connectivity index is 2.26. The average molecular weight is 261 g/mol. The minimum absolute atomic E-state index is 0.147. The molecule has 3 aromatic rings. The lowest BCUT2D eigenvalue weighted by molar-refractivity contribution is 0.0699. The number of imidazole rings is 1. The van der Waals surface area contributed by atoms with E-state index in [4.69, 9.17) is 5.11 Å². The number of pyridine rings is 1. The maximum atomic E-state index is 11.1. The summed E-state index contributed by atoms with van der Waals surface area (Å²) in [5, 5.41) is 13.0.